The number of amides is 1. The highest BCUT2D eigenvalue weighted by Gasteiger charge is 1.97. The van der Waals surface area contributed by atoms with Gasteiger partial charge in [0.05, 0.1) is 0 Å². The van der Waals surface area contributed by atoms with Crippen LogP contribution < -0.4 is 10.8 Å². The monoisotopic (exact) mass is 160 g/mol. The van der Waals surface area contributed by atoms with Gasteiger partial charge >= 0.3 is 5.97 Å². The smallest absolute Gasteiger partial charge is 0.322 e. The lowest BCUT2D eigenvalue weighted by atomic mass is 10.6. The number of nitrogens with one attached hydrogen (secondary N) is 2. The molecule has 0 rings (SSSR count). The van der Waals surface area contributed by atoms with E-state index in [1.54, 1.807) is 0 Å². The maximum atomic E-state index is 9.93. The highest BCUT2D eigenvalue weighted by Crippen LogP contribution is 1.80. The van der Waals surface area contributed by atoms with Gasteiger partial charge in [0.1, 0.15) is 6.54 Å². The van der Waals surface area contributed by atoms with E-state index >= 15 is 0 Å². The number of hydrogen-bond donors (Lipinski definition) is 3. The molecule has 11 heavy (non-hydrogen) atoms. The Bertz CT molecular complexity index is 168. The van der Waals surface area contributed by atoms with Gasteiger partial charge in [-0.2, -0.15) is 5.48 Å². The highest BCUT2D eigenvalue weighted by molar-refractivity contribution is 5.69. The molecule has 0 bridgehead atoms. The Morgan fingerprint density at radius 1 is 1.73 bits per heavy atom. The molecule has 0 unspecified atom stereocenters. The predicted octanol–water partition coefficient (Wildman–Crippen LogP) is -1.19. The summed E-state index contributed by atoms with van der Waals surface area (Å²) in [7, 11) is 0. The zero-order valence-corrected chi connectivity index (χ0v) is 5.66. The van der Waals surface area contributed by atoms with Crippen LogP contribution in [-0.4, -0.2) is 24.0 Å². The molecule has 6 nitrogen and oxygen atoms in total. The zero-order valence-electron chi connectivity index (χ0n) is 5.66. The maximum Gasteiger partial charge on any atom is 0.322 e. The molecule has 6 heteroatoms. The average Bonchev–Trinajstić information content (AvgIpc) is 1.97. The van der Waals surface area contributed by atoms with Crippen molar-refractivity contribution >= 4 is 12.4 Å². The van der Waals surface area contributed by atoms with E-state index in [0.29, 0.717) is 6.41 Å². The van der Waals surface area contributed by atoms with Gasteiger partial charge < -0.3 is 15.3 Å². The SMILES string of the molecule is C=C(NCC(=O)O)ONC=O. The van der Waals surface area contributed by atoms with Crippen molar-refractivity contribution in [1.29, 1.82) is 0 Å². The van der Waals surface area contributed by atoms with Gasteiger partial charge in [0.25, 0.3) is 0 Å². The van der Waals surface area contributed by atoms with Crippen LogP contribution in [-0.2, 0) is 14.4 Å². The lowest BCUT2D eigenvalue weighted by Crippen LogP contribution is -2.26. The van der Waals surface area contributed by atoms with Crippen LogP contribution in [0.5, 0.6) is 0 Å². The second-order valence-electron chi connectivity index (χ2n) is 1.51. The Kier molecular flexibility index (Phi) is 4.30. The van der Waals surface area contributed by atoms with Crippen LogP contribution in [0.25, 0.3) is 0 Å². The minimum atomic E-state index is -1.04. The van der Waals surface area contributed by atoms with E-state index in [-0.39, 0.29) is 12.4 Å². The van der Waals surface area contributed by atoms with Crippen LogP contribution in [0, 0.1) is 0 Å². The van der Waals surface area contributed by atoms with Gasteiger partial charge in [-0.05, 0) is 6.58 Å². The molecule has 0 heterocycles. The molecule has 0 spiro atoms. The van der Waals surface area contributed by atoms with Crippen molar-refractivity contribution in [2.75, 3.05) is 6.54 Å². The predicted molar refractivity (Wildman–Crippen MR) is 35.1 cm³/mol. The minimum absolute atomic E-state index is 0.0282. The molecule has 0 aromatic carbocycles. The van der Waals surface area contributed by atoms with Gasteiger partial charge in [-0.1, -0.05) is 0 Å². The lowest BCUT2D eigenvalue weighted by Gasteiger charge is -2.05. The normalized spacial score (nSPS) is 8.00. The van der Waals surface area contributed by atoms with Crippen molar-refractivity contribution in [3.05, 3.63) is 12.5 Å². The number of aliphatic carboxylic acids is 1. The summed E-state index contributed by atoms with van der Waals surface area (Å²) in [6.45, 7) is 2.94. The Morgan fingerprint density at radius 3 is 2.82 bits per heavy atom. The first-order chi connectivity index (χ1) is 5.16. The topological polar surface area (TPSA) is 87.7 Å². The second kappa shape index (κ2) is 5.10. The molecule has 0 atom stereocenters. The molecule has 62 valence electrons. The summed E-state index contributed by atoms with van der Waals surface area (Å²) in [5.74, 6) is -1.07. The van der Waals surface area contributed by atoms with E-state index in [1.807, 2.05) is 5.48 Å². The Morgan fingerprint density at radius 2 is 2.36 bits per heavy atom. The average molecular weight is 160 g/mol. The molecule has 0 saturated heterocycles. The van der Waals surface area contributed by atoms with Crippen LogP contribution in [0.3, 0.4) is 0 Å². The fourth-order valence-electron chi connectivity index (χ4n) is 0.305. The molecule has 0 radical (unpaired) electrons. The van der Waals surface area contributed by atoms with Crippen LogP contribution in [0.1, 0.15) is 0 Å². The van der Waals surface area contributed by atoms with Gasteiger partial charge in [0.15, 0.2) is 0 Å². The number of carbonyl (C=O) groups is 2. The quantitative estimate of drug-likeness (QED) is 0.258. The molecule has 0 fully saturated rings. The molecule has 0 aromatic heterocycles. The number of hydroxylamine groups is 1. The van der Waals surface area contributed by atoms with E-state index in [2.05, 4.69) is 16.7 Å². The van der Waals surface area contributed by atoms with E-state index in [1.165, 1.54) is 0 Å². The first-order valence-electron chi connectivity index (χ1n) is 2.67. The first kappa shape index (κ1) is 9.28. The molecule has 3 N–H and O–H groups in total. The van der Waals surface area contributed by atoms with Crippen molar-refractivity contribution in [3.63, 3.8) is 0 Å². The van der Waals surface area contributed by atoms with Crippen LogP contribution >= 0.6 is 0 Å². The van der Waals surface area contributed by atoms with E-state index in [0.717, 1.165) is 0 Å². The summed E-state index contributed by atoms with van der Waals surface area (Å²) in [4.78, 5) is 23.9. The molecule has 0 saturated carbocycles. The molecule has 0 aliphatic carbocycles. The molecule has 1 amide bonds. The minimum Gasteiger partial charge on any atom is -0.480 e. The Hall–Kier alpha value is -1.72. The number of carbonyl (C=O) groups excluding carboxylic acids is 1. The molecule has 0 aliphatic rings. The van der Waals surface area contributed by atoms with E-state index in [9.17, 15) is 9.59 Å². The Labute approximate surface area is 62.8 Å². The maximum absolute atomic E-state index is 9.93. The van der Waals surface area contributed by atoms with Crippen LogP contribution in [0.4, 0.5) is 0 Å². The summed E-state index contributed by atoms with van der Waals surface area (Å²) in [5.41, 5.74) is 1.84. The van der Waals surface area contributed by atoms with Crippen molar-refractivity contribution < 1.29 is 19.5 Å². The van der Waals surface area contributed by atoms with Crippen molar-refractivity contribution in [2.24, 2.45) is 0 Å². The van der Waals surface area contributed by atoms with Gasteiger partial charge in [-0.3, -0.25) is 9.59 Å². The largest absolute Gasteiger partial charge is 0.480 e. The van der Waals surface area contributed by atoms with Crippen molar-refractivity contribution in [2.45, 2.75) is 0 Å². The van der Waals surface area contributed by atoms with Gasteiger partial charge in [0.2, 0.25) is 12.3 Å². The molecule has 0 aliphatic heterocycles. The van der Waals surface area contributed by atoms with Crippen LogP contribution in [0.15, 0.2) is 12.5 Å². The van der Waals surface area contributed by atoms with Gasteiger partial charge in [0, 0.05) is 0 Å². The first-order valence-corrected chi connectivity index (χ1v) is 2.67. The summed E-state index contributed by atoms with van der Waals surface area (Å²) in [6, 6.07) is 0. The van der Waals surface area contributed by atoms with Crippen molar-refractivity contribution in [1.82, 2.24) is 10.8 Å². The van der Waals surface area contributed by atoms with Crippen molar-refractivity contribution in [3.8, 4) is 0 Å². The standard InChI is InChI=1S/C5H8N2O4/c1-4(11-7-3-8)6-2-5(9)10/h3,6H,1-2H2,(H,7,8)(H,9,10). The summed E-state index contributed by atoms with van der Waals surface area (Å²) >= 11 is 0. The fraction of sp³-hybridized carbons (Fsp3) is 0.200. The van der Waals surface area contributed by atoms with E-state index in [4.69, 9.17) is 5.11 Å². The van der Waals surface area contributed by atoms with Gasteiger partial charge in [-0.15, -0.1) is 0 Å². The summed E-state index contributed by atoms with van der Waals surface area (Å²) in [6.07, 6.45) is 0.299. The summed E-state index contributed by atoms with van der Waals surface area (Å²) < 4.78 is 0. The zero-order chi connectivity index (χ0) is 8.69. The lowest BCUT2D eigenvalue weighted by molar-refractivity contribution is -0.136. The molecular formula is C5H8N2O4. The number of rotatable bonds is 6. The third-order valence-corrected chi connectivity index (χ3v) is 0.667. The van der Waals surface area contributed by atoms with Gasteiger partial charge in [-0.25, -0.2) is 0 Å². The third-order valence-electron chi connectivity index (χ3n) is 0.667. The van der Waals surface area contributed by atoms with E-state index < -0.39 is 5.97 Å². The highest BCUT2D eigenvalue weighted by atomic mass is 16.7. The van der Waals surface area contributed by atoms with Crippen LogP contribution in [0.2, 0.25) is 0 Å². The molecule has 0 aromatic rings. The Balaban J connectivity index is 3.37. The summed E-state index contributed by atoms with van der Waals surface area (Å²) in [5, 5.41) is 10.4. The number of carboxylic acid groups (broad SMARTS) is 1. The number of hydrogen-bond acceptors (Lipinski definition) is 4. The third kappa shape index (κ3) is 6.16. The second-order valence-corrected chi connectivity index (χ2v) is 1.51. The number of carboxylic acids is 1. The fourth-order valence-corrected chi connectivity index (χ4v) is 0.305. The molecular weight excluding hydrogens is 152 g/mol.